The second-order valence-electron chi connectivity index (χ2n) is 5.32. The fourth-order valence-electron chi connectivity index (χ4n) is 1.88. The Balaban J connectivity index is 1.80. The summed E-state index contributed by atoms with van der Waals surface area (Å²) in [6.45, 7) is 7.32. The van der Waals surface area contributed by atoms with Gasteiger partial charge >= 0.3 is 0 Å². The quantitative estimate of drug-likeness (QED) is 0.628. The molecule has 6 nitrogen and oxygen atoms in total. The van der Waals surface area contributed by atoms with Crippen LogP contribution in [0.25, 0.3) is 0 Å². The van der Waals surface area contributed by atoms with E-state index in [0.29, 0.717) is 19.0 Å². The maximum absolute atomic E-state index is 5.53. The van der Waals surface area contributed by atoms with E-state index < -0.39 is 0 Å². The van der Waals surface area contributed by atoms with Crippen molar-refractivity contribution in [2.24, 2.45) is 4.99 Å². The van der Waals surface area contributed by atoms with Gasteiger partial charge in [0.05, 0.1) is 12.6 Å². The van der Waals surface area contributed by atoms with Crippen molar-refractivity contribution in [2.45, 2.75) is 40.0 Å². The summed E-state index contributed by atoms with van der Waals surface area (Å²) >= 11 is 1.68. The lowest BCUT2D eigenvalue weighted by atomic mass is 10.3. The van der Waals surface area contributed by atoms with Crippen LogP contribution in [0.4, 0.5) is 0 Å². The highest BCUT2D eigenvalue weighted by Crippen LogP contribution is 2.11. The summed E-state index contributed by atoms with van der Waals surface area (Å²) in [5.41, 5.74) is 1.06. The molecule has 0 spiro atoms. The molecule has 0 aliphatic rings. The molecule has 2 rings (SSSR count). The second kappa shape index (κ2) is 8.47. The summed E-state index contributed by atoms with van der Waals surface area (Å²) in [6.07, 6.45) is 3.82. The van der Waals surface area contributed by atoms with E-state index >= 15 is 0 Å². The van der Waals surface area contributed by atoms with E-state index in [0.717, 1.165) is 16.5 Å². The summed E-state index contributed by atoms with van der Waals surface area (Å²) < 4.78 is 5.53. The van der Waals surface area contributed by atoms with E-state index in [2.05, 4.69) is 25.6 Å². The maximum Gasteiger partial charge on any atom is 0.213 e. The van der Waals surface area contributed by atoms with Crippen molar-refractivity contribution in [2.75, 3.05) is 7.05 Å². The van der Waals surface area contributed by atoms with Gasteiger partial charge in [-0.2, -0.15) is 0 Å². The number of nitrogens with zero attached hydrogens (tertiary/aromatic N) is 3. The molecule has 2 aromatic rings. The number of aliphatic imine (C=N–C) groups is 1. The number of guanidine groups is 1. The van der Waals surface area contributed by atoms with E-state index in [1.165, 1.54) is 4.88 Å². The molecule has 0 unspecified atom stereocenters. The molecule has 2 heterocycles. The number of rotatable bonds is 6. The zero-order chi connectivity index (χ0) is 16.7. The average Bonchev–Trinajstić information content (AvgIpc) is 2.94. The Morgan fingerprint density at radius 1 is 1.22 bits per heavy atom. The van der Waals surface area contributed by atoms with Gasteiger partial charge in [0.2, 0.25) is 5.88 Å². The number of ether oxygens (including phenoxy) is 1. The van der Waals surface area contributed by atoms with E-state index in [9.17, 15) is 0 Å². The highest BCUT2D eigenvalue weighted by Gasteiger charge is 2.03. The van der Waals surface area contributed by atoms with Gasteiger partial charge in [-0.25, -0.2) is 9.97 Å². The first-order valence-electron chi connectivity index (χ1n) is 7.54. The van der Waals surface area contributed by atoms with Crippen LogP contribution in [0.15, 0.2) is 29.5 Å². The summed E-state index contributed by atoms with van der Waals surface area (Å²) in [4.78, 5) is 14.0. The van der Waals surface area contributed by atoms with Gasteiger partial charge in [-0.05, 0) is 26.3 Å². The fourth-order valence-corrected chi connectivity index (χ4v) is 2.60. The fraction of sp³-hybridized carbons (Fsp3) is 0.438. The first-order valence-corrected chi connectivity index (χ1v) is 8.36. The predicted molar refractivity (Wildman–Crippen MR) is 93.9 cm³/mol. The summed E-state index contributed by atoms with van der Waals surface area (Å²) in [5.74, 6) is 1.38. The molecular weight excluding hydrogens is 310 g/mol. The minimum absolute atomic E-state index is 0.129. The summed E-state index contributed by atoms with van der Waals surface area (Å²) in [6, 6.07) is 3.88. The Morgan fingerprint density at radius 2 is 2.00 bits per heavy atom. The van der Waals surface area contributed by atoms with Gasteiger partial charge in [0.1, 0.15) is 5.01 Å². The van der Waals surface area contributed by atoms with Crippen LogP contribution < -0.4 is 15.4 Å². The van der Waals surface area contributed by atoms with Crippen LogP contribution in [0.1, 0.15) is 29.3 Å². The molecule has 0 aliphatic carbocycles. The van der Waals surface area contributed by atoms with Crippen molar-refractivity contribution < 1.29 is 4.74 Å². The third-order valence-electron chi connectivity index (χ3n) is 2.91. The number of pyridine rings is 1. The number of nitrogens with one attached hydrogen (secondary N) is 2. The minimum Gasteiger partial charge on any atom is -0.475 e. The Hall–Kier alpha value is -2.15. The number of aryl methyl sites for hydroxylation is 1. The van der Waals surface area contributed by atoms with Crippen molar-refractivity contribution in [3.8, 4) is 5.88 Å². The van der Waals surface area contributed by atoms with Gasteiger partial charge in [-0.15, -0.1) is 11.3 Å². The summed E-state index contributed by atoms with van der Waals surface area (Å²) in [5, 5.41) is 7.55. The maximum atomic E-state index is 5.53. The van der Waals surface area contributed by atoms with E-state index in [-0.39, 0.29) is 6.10 Å². The Kier molecular flexibility index (Phi) is 6.34. The lowest BCUT2D eigenvalue weighted by Crippen LogP contribution is -2.36. The van der Waals surface area contributed by atoms with E-state index in [1.807, 2.05) is 45.3 Å². The zero-order valence-electron chi connectivity index (χ0n) is 14.0. The molecule has 23 heavy (non-hydrogen) atoms. The first kappa shape index (κ1) is 17.2. The largest absolute Gasteiger partial charge is 0.475 e. The average molecular weight is 333 g/mol. The SMILES string of the molecule is CN=C(NCc1ccc(OC(C)C)nc1)NCc1ncc(C)s1. The van der Waals surface area contributed by atoms with Crippen LogP contribution in [-0.4, -0.2) is 29.1 Å². The van der Waals surface area contributed by atoms with Crippen LogP contribution in [0.2, 0.25) is 0 Å². The van der Waals surface area contributed by atoms with Crippen LogP contribution in [-0.2, 0) is 13.1 Å². The molecule has 0 saturated heterocycles. The second-order valence-corrected chi connectivity index (χ2v) is 6.63. The van der Waals surface area contributed by atoms with Gasteiger partial charge in [-0.1, -0.05) is 6.07 Å². The molecule has 0 bridgehead atoms. The van der Waals surface area contributed by atoms with Crippen molar-refractivity contribution in [1.29, 1.82) is 0 Å². The van der Waals surface area contributed by atoms with Gasteiger partial charge in [-0.3, -0.25) is 4.99 Å². The van der Waals surface area contributed by atoms with Crippen molar-refractivity contribution >= 4 is 17.3 Å². The predicted octanol–water partition coefficient (Wildman–Crippen LogP) is 2.50. The van der Waals surface area contributed by atoms with Crippen LogP contribution in [0, 0.1) is 6.92 Å². The third kappa shape index (κ3) is 5.86. The number of hydrogen-bond acceptors (Lipinski definition) is 5. The Labute approximate surface area is 141 Å². The molecule has 0 atom stereocenters. The Morgan fingerprint density at radius 3 is 2.57 bits per heavy atom. The lowest BCUT2D eigenvalue weighted by molar-refractivity contribution is 0.232. The van der Waals surface area contributed by atoms with Crippen molar-refractivity contribution in [3.63, 3.8) is 0 Å². The van der Waals surface area contributed by atoms with Crippen LogP contribution in [0.5, 0.6) is 5.88 Å². The van der Waals surface area contributed by atoms with Gasteiger partial charge in [0.25, 0.3) is 0 Å². The van der Waals surface area contributed by atoms with Crippen molar-refractivity contribution in [3.05, 3.63) is 40.0 Å². The van der Waals surface area contributed by atoms with Gasteiger partial charge in [0.15, 0.2) is 5.96 Å². The Bertz CT molecular complexity index is 636. The number of thiazole rings is 1. The highest BCUT2D eigenvalue weighted by molar-refractivity contribution is 7.11. The molecule has 0 radical (unpaired) electrons. The molecule has 2 N–H and O–H groups in total. The van der Waals surface area contributed by atoms with E-state index in [1.54, 1.807) is 18.4 Å². The highest BCUT2D eigenvalue weighted by atomic mass is 32.1. The van der Waals surface area contributed by atoms with E-state index in [4.69, 9.17) is 4.74 Å². The number of hydrogen-bond donors (Lipinski definition) is 2. The molecule has 7 heteroatoms. The molecule has 124 valence electrons. The monoisotopic (exact) mass is 333 g/mol. The normalized spacial score (nSPS) is 11.6. The van der Waals surface area contributed by atoms with Crippen LogP contribution in [0.3, 0.4) is 0 Å². The third-order valence-corrected chi connectivity index (χ3v) is 3.83. The molecule has 0 saturated carbocycles. The lowest BCUT2D eigenvalue weighted by Gasteiger charge is -2.12. The van der Waals surface area contributed by atoms with Gasteiger partial charge in [0, 0.05) is 36.9 Å². The summed E-state index contributed by atoms with van der Waals surface area (Å²) in [7, 11) is 1.75. The van der Waals surface area contributed by atoms with Crippen molar-refractivity contribution in [1.82, 2.24) is 20.6 Å². The molecule has 2 aromatic heterocycles. The minimum atomic E-state index is 0.129. The van der Waals surface area contributed by atoms with Crippen LogP contribution >= 0.6 is 11.3 Å². The standard InChI is InChI=1S/C16H23N5OS/c1-11(2)22-14-6-5-13(8-18-14)9-20-16(17-4)21-10-15-19-7-12(3)23-15/h5-8,11H,9-10H2,1-4H3,(H2,17,20,21). The first-order chi connectivity index (χ1) is 11.1. The molecular formula is C16H23N5OS. The molecule has 0 fully saturated rings. The molecule has 0 aliphatic heterocycles. The molecule has 0 aromatic carbocycles. The van der Waals surface area contributed by atoms with Gasteiger partial charge < -0.3 is 15.4 Å². The topological polar surface area (TPSA) is 71.4 Å². The zero-order valence-corrected chi connectivity index (χ0v) is 14.8. The number of aromatic nitrogens is 2. The molecule has 0 amide bonds. The smallest absolute Gasteiger partial charge is 0.213 e.